The molecule has 152 valence electrons. The normalized spacial score (nSPS) is 11.2. The van der Waals surface area contributed by atoms with Crippen LogP contribution in [0, 0.1) is 17.1 Å². The first-order valence-electron chi connectivity index (χ1n) is 9.42. The molecule has 0 aliphatic heterocycles. The number of carbonyl (C=O) groups is 1. The van der Waals surface area contributed by atoms with Crippen LogP contribution in [0.3, 0.4) is 0 Å². The van der Waals surface area contributed by atoms with Crippen molar-refractivity contribution in [3.63, 3.8) is 0 Å². The summed E-state index contributed by atoms with van der Waals surface area (Å²) in [4.78, 5) is 12.4. The number of nitriles is 1. The third kappa shape index (κ3) is 5.19. The fourth-order valence-corrected chi connectivity index (χ4v) is 2.86. The van der Waals surface area contributed by atoms with Gasteiger partial charge in [0.2, 0.25) is 0 Å². The van der Waals surface area contributed by atoms with E-state index in [1.807, 2.05) is 36.4 Å². The van der Waals surface area contributed by atoms with Gasteiger partial charge in [-0.1, -0.05) is 18.2 Å². The smallest absolute Gasteiger partial charge is 0.261 e. The van der Waals surface area contributed by atoms with Crippen molar-refractivity contribution >= 4 is 12.0 Å². The minimum atomic E-state index is -0.467. The van der Waals surface area contributed by atoms with Gasteiger partial charge >= 0.3 is 0 Å². The summed E-state index contributed by atoms with van der Waals surface area (Å²) in [5, 5.41) is 16.8. The van der Waals surface area contributed by atoms with Crippen LogP contribution in [0.4, 0.5) is 4.39 Å². The number of ether oxygens (including phenoxy) is 1. The van der Waals surface area contributed by atoms with Crippen molar-refractivity contribution in [1.29, 1.82) is 5.26 Å². The molecule has 3 aromatic rings. The number of methoxy groups -OCH3 is 1. The Kier molecular flexibility index (Phi) is 7.09. The molecule has 1 heterocycles. The van der Waals surface area contributed by atoms with E-state index in [2.05, 4.69) is 10.4 Å². The molecule has 6 nitrogen and oxygen atoms in total. The number of halogens is 1. The maximum Gasteiger partial charge on any atom is 0.261 e. The van der Waals surface area contributed by atoms with Gasteiger partial charge in [-0.25, -0.2) is 9.07 Å². The SMILES string of the molecule is COCCCNC(=O)/C(C#N)=C\c1cn(-c2ccccc2)nc1-c1ccc(F)cc1. The van der Waals surface area contributed by atoms with E-state index in [0.717, 1.165) is 5.69 Å². The lowest BCUT2D eigenvalue weighted by Crippen LogP contribution is -2.26. The van der Waals surface area contributed by atoms with E-state index in [1.54, 1.807) is 30.1 Å². The molecule has 0 spiro atoms. The largest absolute Gasteiger partial charge is 0.385 e. The average molecular weight is 404 g/mol. The lowest BCUT2D eigenvalue weighted by molar-refractivity contribution is -0.117. The maximum atomic E-state index is 13.4. The van der Waals surface area contributed by atoms with E-state index in [0.29, 0.717) is 36.4 Å². The Morgan fingerprint density at radius 3 is 2.63 bits per heavy atom. The van der Waals surface area contributed by atoms with Crippen LogP contribution in [0.1, 0.15) is 12.0 Å². The molecule has 0 bridgehead atoms. The molecule has 0 aliphatic carbocycles. The lowest BCUT2D eigenvalue weighted by atomic mass is 10.1. The van der Waals surface area contributed by atoms with Crippen LogP contribution in [0.2, 0.25) is 0 Å². The molecule has 0 atom stereocenters. The summed E-state index contributed by atoms with van der Waals surface area (Å²) in [7, 11) is 1.59. The number of rotatable bonds is 8. The molecule has 0 saturated heterocycles. The minimum Gasteiger partial charge on any atom is -0.385 e. The third-order valence-corrected chi connectivity index (χ3v) is 4.36. The van der Waals surface area contributed by atoms with Crippen molar-refractivity contribution in [2.24, 2.45) is 0 Å². The second kappa shape index (κ2) is 10.1. The minimum absolute atomic E-state index is 0.0385. The Bertz CT molecular complexity index is 1070. The zero-order valence-corrected chi connectivity index (χ0v) is 16.5. The van der Waals surface area contributed by atoms with Crippen LogP contribution < -0.4 is 5.32 Å². The highest BCUT2D eigenvalue weighted by Crippen LogP contribution is 2.26. The van der Waals surface area contributed by atoms with E-state index in [-0.39, 0.29) is 11.4 Å². The average Bonchev–Trinajstić information content (AvgIpc) is 3.20. The van der Waals surface area contributed by atoms with Gasteiger partial charge in [-0.15, -0.1) is 0 Å². The molecule has 30 heavy (non-hydrogen) atoms. The Labute approximate surface area is 174 Å². The van der Waals surface area contributed by atoms with E-state index in [9.17, 15) is 14.4 Å². The summed E-state index contributed by atoms with van der Waals surface area (Å²) < 4.78 is 20.0. The van der Waals surface area contributed by atoms with Crippen LogP contribution in [0.15, 0.2) is 66.4 Å². The first-order valence-corrected chi connectivity index (χ1v) is 9.42. The summed E-state index contributed by atoms with van der Waals surface area (Å²) in [5.74, 6) is -0.822. The topological polar surface area (TPSA) is 79.9 Å². The highest BCUT2D eigenvalue weighted by Gasteiger charge is 2.15. The Balaban J connectivity index is 1.98. The van der Waals surface area contributed by atoms with Gasteiger partial charge in [0.05, 0.1) is 11.4 Å². The molecule has 2 aromatic carbocycles. The number of carbonyl (C=O) groups excluding carboxylic acids is 1. The summed E-state index contributed by atoms with van der Waals surface area (Å²) >= 11 is 0. The van der Waals surface area contributed by atoms with Crippen molar-refractivity contribution in [2.45, 2.75) is 6.42 Å². The highest BCUT2D eigenvalue weighted by atomic mass is 19.1. The Morgan fingerprint density at radius 2 is 1.97 bits per heavy atom. The molecular weight excluding hydrogens is 383 g/mol. The molecular formula is C23H21FN4O2. The standard InChI is InChI=1S/C23H21FN4O2/c1-30-13-5-12-26-23(29)18(15-25)14-19-16-28(21-6-3-2-4-7-21)27-22(19)17-8-10-20(24)11-9-17/h2-4,6-11,14,16H,5,12-13H2,1H3,(H,26,29)/b18-14-. The molecule has 7 heteroatoms. The van der Waals surface area contributed by atoms with Gasteiger partial charge in [0.15, 0.2) is 0 Å². The molecule has 3 rings (SSSR count). The number of hydrogen-bond donors (Lipinski definition) is 1. The van der Waals surface area contributed by atoms with E-state index in [1.165, 1.54) is 18.2 Å². The van der Waals surface area contributed by atoms with Gasteiger partial charge in [0, 0.05) is 37.6 Å². The molecule has 0 radical (unpaired) electrons. The molecule has 0 fully saturated rings. The van der Waals surface area contributed by atoms with Crippen molar-refractivity contribution in [1.82, 2.24) is 15.1 Å². The van der Waals surface area contributed by atoms with E-state index < -0.39 is 5.91 Å². The zero-order valence-electron chi connectivity index (χ0n) is 16.5. The number of para-hydroxylation sites is 1. The summed E-state index contributed by atoms with van der Waals surface area (Å²) in [6.07, 6.45) is 3.88. The highest BCUT2D eigenvalue weighted by molar-refractivity contribution is 6.02. The number of aromatic nitrogens is 2. The Morgan fingerprint density at radius 1 is 1.23 bits per heavy atom. The predicted octanol–water partition coefficient (Wildman–Crippen LogP) is 3.74. The first-order chi connectivity index (χ1) is 14.6. The number of benzene rings is 2. The van der Waals surface area contributed by atoms with Crippen molar-refractivity contribution in [3.05, 3.63) is 77.7 Å². The molecule has 0 saturated carbocycles. The van der Waals surface area contributed by atoms with Crippen LogP contribution in [-0.4, -0.2) is 35.9 Å². The lowest BCUT2D eigenvalue weighted by Gasteiger charge is -2.04. The van der Waals surface area contributed by atoms with Gasteiger partial charge < -0.3 is 10.1 Å². The fourth-order valence-electron chi connectivity index (χ4n) is 2.86. The van der Waals surface area contributed by atoms with Crippen molar-refractivity contribution in [3.8, 4) is 23.0 Å². The van der Waals surface area contributed by atoms with Gasteiger partial charge in [0.1, 0.15) is 17.5 Å². The number of hydrogen-bond acceptors (Lipinski definition) is 4. The van der Waals surface area contributed by atoms with Crippen molar-refractivity contribution < 1.29 is 13.9 Å². The fraction of sp³-hybridized carbons (Fsp3) is 0.174. The number of amides is 1. The van der Waals surface area contributed by atoms with E-state index >= 15 is 0 Å². The van der Waals surface area contributed by atoms with Gasteiger partial charge in [-0.3, -0.25) is 4.79 Å². The van der Waals surface area contributed by atoms with Crippen molar-refractivity contribution in [2.75, 3.05) is 20.3 Å². The van der Waals surface area contributed by atoms with Gasteiger partial charge in [0.25, 0.3) is 5.91 Å². The van der Waals surface area contributed by atoms with Crippen LogP contribution in [0.25, 0.3) is 23.0 Å². The van der Waals surface area contributed by atoms with Gasteiger partial charge in [-0.05, 0) is 48.9 Å². The molecule has 1 N–H and O–H groups in total. The second-order valence-electron chi connectivity index (χ2n) is 6.49. The summed E-state index contributed by atoms with van der Waals surface area (Å²) in [6, 6.07) is 17.3. The number of nitrogens with zero attached hydrogens (tertiary/aromatic N) is 3. The Hall–Kier alpha value is -3.76. The first kappa shape index (κ1) is 21.0. The predicted molar refractivity (Wildman–Crippen MR) is 112 cm³/mol. The van der Waals surface area contributed by atoms with Gasteiger partial charge in [-0.2, -0.15) is 10.4 Å². The molecule has 0 unspecified atom stereocenters. The molecule has 1 aromatic heterocycles. The quantitative estimate of drug-likeness (QED) is 0.352. The second-order valence-corrected chi connectivity index (χ2v) is 6.49. The summed E-state index contributed by atoms with van der Waals surface area (Å²) in [6.45, 7) is 0.921. The van der Waals surface area contributed by atoms with Crippen LogP contribution in [-0.2, 0) is 9.53 Å². The van der Waals surface area contributed by atoms with E-state index in [4.69, 9.17) is 4.74 Å². The summed E-state index contributed by atoms with van der Waals surface area (Å²) in [5.41, 5.74) is 2.58. The molecule has 1 amide bonds. The van der Waals surface area contributed by atoms with Crippen LogP contribution >= 0.6 is 0 Å². The zero-order chi connectivity index (χ0) is 21.3. The molecule has 0 aliphatic rings. The van der Waals surface area contributed by atoms with Crippen LogP contribution in [0.5, 0.6) is 0 Å². The monoisotopic (exact) mass is 404 g/mol. The maximum absolute atomic E-state index is 13.4. The number of nitrogens with one attached hydrogen (secondary N) is 1. The third-order valence-electron chi connectivity index (χ3n) is 4.36.